The van der Waals surface area contributed by atoms with E-state index in [1.807, 2.05) is 0 Å². The second-order valence-electron chi connectivity index (χ2n) is 5.09. The minimum absolute atomic E-state index is 0.175. The van der Waals surface area contributed by atoms with E-state index >= 15 is 0 Å². The van der Waals surface area contributed by atoms with Crippen LogP contribution < -0.4 is 11.0 Å². The third-order valence-corrected chi connectivity index (χ3v) is 4.08. The lowest BCUT2D eigenvalue weighted by Gasteiger charge is -2.49. The normalized spacial score (nSPS) is 29.2. The molecule has 4 heterocycles. The third kappa shape index (κ3) is 1.12. The van der Waals surface area contributed by atoms with Crippen molar-refractivity contribution in [3.8, 4) is 0 Å². The molecule has 2 aliphatic heterocycles. The fraction of sp³-hybridized carbons (Fsp3) is 0.333. The zero-order valence-corrected chi connectivity index (χ0v) is 9.84. The monoisotopic (exact) mass is 258 g/mol. The van der Waals surface area contributed by atoms with Crippen molar-refractivity contribution >= 4 is 23.0 Å². The lowest BCUT2D eigenvalue weighted by Crippen LogP contribution is -2.68. The molecule has 1 aliphatic carbocycles. The van der Waals surface area contributed by atoms with Crippen LogP contribution in [-0.4, -0.2) is 26.3 Å². The van der Waals surface area contributed by atoms with Gasteiger partial charge in [-0.1, -0.05) is 0 Å². The maximum atomic E-state index is 12.1. The van der Waals surface area contributed by atoms with Crippen molar-refractivity contribution in [2.45, 2.75) is 18.4 Å². The van der Waals surface area contributed by atoms with Gasteiger partial charge in [-0.15, -0.1) is 0 Å². The summed E-state index contributed by atoms with van der Waals surface area (Å²) < 4.78 is 1.44. The number of hydrogen-bond acceptors (Lipinski definition) is 4. The van der Waals surface area contributed by atoms with Crippen molar-refractivity contribution in [3.05, 3.63) is 28.8 Å². The van der Waals surface area contributed by atoms with Crippen LogP contribution in [0.15, 0.2) is 23.1 Å². The molecule has 0 spiro atoms. The van der Waals surface area contributed by atoms with Crippen LogP contribution in [0, 0.1) is 5.92 Å². The lowest BCUT2D eigenvalue weighted by molar-refractivity contribution is -0.156. The number of amides is 2. The van der Waals surface area contributed by atoms with Crippen LogP contribution in [-0.2, 0) is 15.1 Å². The molecular weight excluding hydrogens is 248 g/mol. The van der Waals surface area contributed by atoms with E-state index in [4.69, 9.17) is 0 Å². The van der Waals surface area contributed by atoms with Crippen LogP contribution in [0.2, 0.25) is 0 Å². The van der Waals surface area contributed by atoms with Gasteiger partial charge in [-0.3, -0.25) is 24.5 Å². The summed E-state index contributed by atoms with van der Waals surface area (Å²) in [5.74, 6) is -0.809. The number of carbonyl (C=O) groups is 2. The van der Waals surface area contributed by atoms with Crippen LogP contribution in [0.4, 0.5) is 0 Å². The number of hydrogen-bond donors (Lipinski definition) is 2. The van der Waals surface area contributed by atoms with E-state index in [0.717, 1.165) is 0 Å². The number of imide groups is 1. The van der Waals surface area contributed by atoms with Gasteiger partial charge in [-0.2, -0.15) is 0 Å². The number of fused-ring (bicyclic) bond motifs is 3. The molecule has 1 saturated carbocycles. The van der Waals surface area contributed by atoms with E-state index in [9.17, 15) is 14.4 Å². The van der Waals surface area contributed by atoms with Crippen LogP contribution in [0.25, 0.3) is 11.2 Å². The first-order chi connectivity index (χ1) is 9.12. The highest BCUT2D eigenvalue weighted by atomic mass is 16.2. The van der Waals surface area contributed by atoms with E-state index in [2.05, 4.69) is 15.3 Å². The van der Waals surface area contributed by atoms with Crippen LogP contribution in [0.1, 0.15) is 12.8 Å². The summed E-state index contributed by atoms with van der Waals surface area (Å²) in [6.07, 6.45) is 2.35. The Bertz CT molecular complexity index is 782. The summed E-state index contributed by atoms with van der Waals surface area (Å²) in [5.41, 5.74) is -0.251. The van der Waals surface area contributed by atoms with Gasteiger partial charge in [0.2, 0.25) is 5.91 Å². The summed E-state index contributed by atoms with van der Waals surface area (Å²) in [6.45, 7) is 0. The van der Waals surface area contributed by atoms with E-state index in [1.165, 1.54) is 4.57 Å². The van der Waals surface area contributed by atoms with Crippen molar-refractivity contribution in [3.63, 3.8) is 0 Å². The van der Waals surface area contributed by atoms with Crippen LogP contribution in [0.5, 0.6) is 0 Å². The predicted molar refractivity (Wildman–Crippen MR) is 64.2 cm³/mol. The molecule has 3 fully saturated rings. The number of aromatic amines is 1. The average molecular weight is 258 g/mol. The Balaban J connectivity index is 1.97. The van der Waals surface area contributed by atoms with Gasteiger partial charge in [0.15, 0.2) is 5.65 Å². The third-order valence-electron chi connectivity index (χ3n) is 4.08. The van der Waals surface area contributed by atoms with Crippen molar-refractivity contribution in [1.29, 1.82) is 0 Å². The van der Waals surface area contributed by atoms with Crippen molar-refractivity contribution in [1.82, 2.24) is 19.9 Å². The fourth-order valence-corrected chi connectivity index (χ4v) is 3.11. The SMILES string of the molecule is O=C1NC(=O)C2(n3c(=O)[nH]c4ncccc43)CC1C2. The molecule has 2 aromatic rings. The number of nitrogens with one attached hydrogen (secondary N) is 2. The Morgan fingerprint density at radius 1 is 1.32 bits per heavy atom. The molecule has 19 heavy (non-hydrogen) atoms. The molecule has 0 unspecified atom stereocenters. The number of pyridine rings is 1. The second kappa shape index (κ2) is 3.11. The molecule has 0 aromatic carbocycles. The molecule has 0 atom stereocenters. The van der Waals surface area contributed by atoms with Gasteiger partial charge >= 0.3 is 5.69 Å². The Kier molecular flexibility index (Phi) is 1.72. The molecule has 2 amide bonds. The molecule has 7 heteroatoms. The Labute approximate surface area is 106 Å². The van der Waals surface area contributed by atoms with Gasteiger partial charge in [0.05, 0.1) is 5.52 Å². The number of H-pyrrole nitrogens is 1. The van der Waals surface area contributed by atoms with E-state index in [1.54, 1.807) is 18.3 Å². The van der Waals surface area contributed by atoms with Gasteiger partial charge in [0.1, 0.15) is 5.54 Å². The molecule has 5 rings (SSSR count). The summed E-state index contributed by atoms with van der Waals surface area (Å²) in [4.78, 5) is 42.4. The predicted octanol–water partition coefficient (Wildman–Crippen LogP) is -0.514. The smallest absolute Gasteiger partial charge is 0.294 e. The summed E-state index contributed by atoms with van der Waals surface area (Å²) >= 11 is 0. The number of rotatable bonds is 1. The molecule has 96 valence electrons. The van der Waals surface area contributed by atoms with Gasteiger partial charge in [-0.25, -0.2) is 9.78 Å². The molecule has 2 bridgehead atoms. The van der Waals surface area contributed by atoms with Crippen molar-refractivity contribution in [2.75, 3.05) is 0 Å². The van der Waals surface area contributed by atoms with Gasteiger partial charge in [0, 0.05) is 12.1 Å². The van der Waals surface area contributed by atoms with E-state index in [0.29, 0.717) is 24.0 Å². The Morgan fingerprint density at radius 2 is 2.11 bits per heavy atom. The highest BCUT2D eigenvalue weighted by molar-refractivity contribution is 6.06. The highest BCUT2D eigenvalue weighted by Gasteiger charge is 2.60. The number of carbonyl (C=O) groups excluding carboxylic acids is 2. The zero-order valence-electron chi connectivity index (χ0n) is 9.84. The summed E-state index contributed by atoms with van der Waals surface area (Å²) in [7, 11) is 0. The second-order valence-corrected chi connectivity index (χ2v) is 5.09. The first-order valence-corrected chi connectivity index (χ1v) is 6.03. The summed E-state index contributed by atoms with van der Waals surface area (Å²) in [5, 5.41) is 2.33. The molecule has 7 nitrogen and oxygen atoms in total. The van der Waals surface area contributed by atoms with E-state index < -0.39 is 11.4 Å². The fourth-order valence-electron chi connectivity index (χ4n) is 3.11. The van der Waals surface area contributed by atoms with Crippen molar-refractivity contribution < 1.29 is 9.59 Å². The standard InChI is InChI=1S/C12H10N4O3/c17-9-6-4-12(5-6,10(18)15-9)16-7-2-1-3-13-8(7)14-11(16)19/h1-3,6H,4-5H2,(H,13,14,19)(H,15,17,18). The average Bonchev–Trinajstić information content (AvgIpc) is 2.64. The number of aromatic nitrogens is 3. The van der Waals surface area contributed by atoms with Crippen molar-refractivity contribution in [2.24, 2.45) is 5.92 Å². The number of piperidine rings is 2. The molecule has 3 aliphatic rings. The van der Waals surface area contributed by atoms with Gasteiger partial charge < -0.3 is 0 Å². The molecule has 2 saturated heterocycles. The van der Waals surface area contributed by atoms with Gasteiger partial charge in [-0.05, 0) is 25.0 Å². The topological polar surface area (TPSA) is 96.9 Å². The van der Waals surface area contributed by atoms with Crippen LogP contribution >= 0.6 is 0 Å². The van der Waals surface area contributed by atoms with Gasteiger partial charge in [0.25, 0.3) is 5.91 Å². The molecule has 2 aromatic heterocycles. The maximum absolute atomic E-state index is 12.1. The molecule has 0 radical (unpaired) electrons. The minimum Gasteiger partial charge on any atom is -0.294 e. The quantitative estimate of drug-likeness (QED) is 0.673. The lowest BCUT2D eigenvalue weighted by atomic mass is 9.64. The molecular formula is C12H10N4O3. The Morgan fingerprint density at radius 3 is 2.84 bits per heavy atom. The number of nitrogens with zero attached hydrogens (tertiary/aromatic N) is 2. The van der Waals surface area contributed by atoms with Crippen LogP contribution in [0.3, 0.4) is 0 Å². The number of imidazole rings is 1. The Hall–Kier alpha value is -2.44. The molecule has 2 N–H and O–H groups in total. The summed E-state index contributed by atoms with van der Waals surface area (Å²) in [6, 6.07) is 3.46. The minimum atomic E-state index is -0.934. The largest absolute Gasteiger partial charge is 0.328 e. The maximum Gasteiger partial charge on any atom is 0.328 e. The highest BCUT2D eigenvalue weighted by Crippen LogP contribution is 2.47. The van der Waals surface area contributed by atoms with E-state index in [-0.39, 0.29) is 17.5 Å². The first kappa shape index (κ1) is 10.5. The zero-order chi connectivity index (χ0) is 13.2. The first-order valence-electron chi connectivity index (χ1n) is 6.03.